The van der Waals surface area contributed by atoms with Gasteiger partial charge in [0.05, 0.1) is 10.9 Å². The second-order valence-corrected chi connectivity index (χ2v) is 9.66. The van der Waals surface area contributed by atoms with Gasteiger partial charge in [-0.3, -0.25) is 9.52 Å². The largest absolute Gasteiger partial charge is 0.346 e. The van der Waals surface area contributed by atoms with Crippen molar-refractivity contribution in [2.45, 2.75) is 45.6 Å². The van der Waals surface area contributed by atoms with Crippen LogP contribution in [0.2, 0.25) is 0 Å². The molecule has 0 saturated carbocycles. The first-order valence-electron chi connectivity index (χ1n) is 10.1. The smallest absolute Gasteiger partial charge is 0.262 e. The second-order valence-electron chi connectivity index (χ2n) is 8.01. The zero-order valence-electron chi connectivity index (χ0n) is 18.5. The van der Waals surface area contributed by atoms with Crippen molar-refractivity contribution in [1.82, 2.24) is 5.32 Å². The topological polar surface area (TPSA) is 75.3 Å². The first-order valence-corrected chi connectivity index (χ1v) is 11.6. The summed E-state index contributed by atoms with van der Waals surface area (Å²) in [6.45, 7) is 9.60. The van der Waals surface area contributed by atoms with Gasteiger partial charge < -0.3 is 5.32 Å². The summed E-state index contributed by atoms with van der Waals surface area (Å²) in [5, 5.41) is 2.97. The molecular weight excluding hydrogens is 408 g/mol. The lowest BCUT2D eigenvalue weighted by Gasteiger charge is -2.18. The van der Waals surface area contributed by atoms with Crippen LogP contribution in [0, 0.1) is 27.7 Å². The average Bonchev–Trinajstić information content (AvgIpc) is 2.69. The van der Waals surface area contributed by atoms with Crippen molar-refractivity contribution >= 4 is 21.6 Å². The third-order valence-corrected chi connectivity index (χ3v) is 6.81. The van der Waals surface area contributed by atoms with E-state index in [-0.39, 0.29) is 16.8 Å². The van der Waals surface area contributed by atoms with E-state index in [1.54, 1.807) is 31.2 Å². The van der Waals surface area contributed by atoms with Gasteiger partial charge in [-0.15, -0.1) is 0 Å². The predicted molar refractivity (Wildman–Crippen MR) is 125 cm³/mol. The quantitative estimate of drug-likeness (QED) is 0.557. The Morgan fingerprint density at radius 3 is 2.10 bits per heavy atom. The Balaban J connectivity index is 1.84. The molecule has 1 amide bonds. The van der Waals surface area contributed by atoms with Gasteiger partial charge in [-0.2, -0.15) is 0 Å². The molecule has 0 aliphatic carbocycles. The maximum absolute atomic E-state index is 13.0. The number of sulfonamides is 1. The van der Waals surface area contributed by atoms with Crippen LogP contribution in [0.1, 0.15) is 51.1 Å². The summed E-state index contributed by atoms with van der Waals surface area (Å²) in [7, 11) is -3.83. The van der Waals surface area contributed by atoms with E-state index in [2.05, 4.69) is 16.1 Å². The van der Waals surface area contributed by atoms with Crippen LogP contribution in [-0.2, 0) is 10.0 Å². The van der Waals surface area contributed by atoms with Gasteiger partial charge in [0.1, 0.15) is 0 Å². The second kappa shape index (κ2) is 8.94. The highest BCUT2D eigenvalue weighted by Crippen LogP contribution is 2.23. The molecule has 3 aromatic carbocycles. The molecule has 3 rings (SSSR count). The highest BCUT2D eigenvalue weighted by molar-refractivity contribution is 7.92. The van der Waals surface area contributed by atoms with Crippen LogP contribution in [0.3, 0.4) is 0 Å². The van der Waals surface area contributed by atoms with Gasteiger partial charge in [-0.05, 0) is 75.6 Å². The van der Waals surface area contributed by atoms with E-state index in [1.807, 2.05) is 52.0 Å². The first-order chi connectivity index (χ1) is 14.6. The minimum Gasteiger partial charge on any atom is -0.346 e. The third kappa shape index (κ3) is 5.33. The predicted octanol–water partition coefficient (Wildman–Crippen LogP) is 5.21. The lowest BCUT2D eigenvalue weighted by molar-refractivity contribution is 0.0939. The van der Waals surface area contributed by atoms with E-state index in [1.165, 1.54) is 6.07 Å². The van der Waals surface area contributed by atoms with Gasteiger partial charge >= 0.3 is 0 Å². The van der Waals surface area contributed by atoms with Crippen molar-refractivity contribution in [3.05, 3.63) is 94.0 Å². The van der Waals surface area contributed by atoms with Crippen LogP contribution < -0.4 is 10.0 Å². The summed E-state index contributed by atoms with van der Waals surface area (Å²) in [4.78, 5) is 12.9. The molecule has 6 heteroatoms. The summed E-state index contributed by atoms with van der Waals surface area (Å²) in [5.41, 5.74) is 5.67. The Kier molecular flexibility index (Phi) is 6.51. The molecule has 0 unspecified atom stereocenters. The molecule has 5 nitrogen and oxygen atoms in total. The number of aryl methyl sites for hydroxylation is 4. The van der Waals surface area contributed by atoms with Crippen LogP contribution in [0.25, 0.3) is 0 Å². The number of hydrogen-bond acceptors (Lipinski definition) is 3. The molecule has 0 fully saturated rings. The highest BCUT2D eigenvalue weighted by atomic mass is 32.2. The van der Waals surface area contributed by atoms with Crippen molar-refractivity contribution in [3.8, 4) is 0 Å². The molecule has 0 heterocycles. The van der Waals surface area contributed by atoms with Crippen molar-refractivity contribution in [3.63, 3.8) is 0 Å². The minimum absolute atomic E-state index is 0.0832. The van der Waals surface area contributed by atoms with E-state index >= 15 is 0 Å². The summed E-state index contributed by atoms with van der Waals surface area (Å²) in [5.74, 6) is -0.320. The molecule has 0 spiro atoms. The summed E-state index contributed by atoms with van der Waals surface area (Å²) >= 11 is 0. The minimum atomic E-state index is -3.83. The Bertz CT molecular complexity index is 1220. The summed E-state index contributed by atoms with van der Waals surface area (Å²) < 4.78 is 28.5. The van der Waals surface area contributed by atoms with Gasteiger partial charge in [0.2, 0.25) is 0 Å². The van der Waals surface area contributed by atoms with Crippen LogP contribution in [0.5, 0.6) is 0 Å². The number of benzene rings is 3. The first kappa shape index (κ1) is 22.6. The number of carbonyl (C=O) groups excluding carboxylic acids is 1. The number of hydrogen-bond donors (Lipinski definition) is 2. The molecule has 2 N–H and O–H groups in total. The SMILES string of the molecule is Cc1ccc(NS(=O)(=O)c2cc(C(=O)N[C@H](C)c3ccc(C)cc3C)ccc2C)cc1. The summed E-state index contributed by atoms with van der Waals surface area (Å²) in [6.07, 6.45) is 0. The maximum atomic E-state index is 13.0. The van der Waals surface area contributed by atoms with Crippen LogP contribution in [0.4, 0.5) is 5.69 Å². The lowest BCUT2D eigenvalue weighted by Crippen LogP contribution is -2.27. The number of anilines is 1. The fourth-order valence-electron chi connectivity index (χ4n) is 3.53. The van der Waals surface area contributed by atoms with E-state index in [0.29, 0.717) is 16.8 Å². The van der Waals surface area contributed by atoms with Crippen LogP contribution in [-0.4, -0.2) is 14.3 Å². The van der Waals surface area contributed by atoms with Crippen LogP contribution >= 0.6 is 0 Å². The Labute approximate surface area is 184 Å². The number of nitrogens with one attached hydrogen (secondary N) is 2. The van der Waals surface area contributed by atoms with Crippen LogP contribution in [0.15, 0.2) is 65.6 Å². The Morgan fingerprint density at radius 1 is 0.806 bits per heavy atom. The fraction of sp³-hybridized carbons (Fsp3) is 0.240. The van der Waals surface area contributed by atoms with Crippen molar-refractivity contribution in [2.75, 3.05) is 4.72 Å². The van der Waals surface area contributed by atoms with Crippen molar-refractivity contribution in [2.24, 2.45) is 0 Å². The monoisotopic (exact) mass is 436 g/mol. The van der Waals surface area contributed by atoms with Gasteiger partial charge in [0.15, 0.2) is 0 Å². The number of carbonyl (C=O) groups is 1. The van der Waals surface area contributed by atoms with Crippen molar-refractivity contribution < 1.29 is 13.2 Å². The van der Waals surface area contributed by atoms with Gasteiger partial charge in [-0.1, -0.05) is 47.5 Å². The molecule has 0 aliphatic rings. The maximum Gasteiger partial charge on any atom is 0.262 e. The normalized spacial score (nSPS) is 12.3. The van der Waals surface area contributed by atoms with E-state index in [0.717, 1.165) is 22.3 Å². The molecule has 0 radical (unpaired) electrons. The molecule has 1 atom stereocenters. The lowest BCUT2D eigenvalue weighted by atomic mass is 10.00. The number of rotatable bonds is 6. The zero-order chi connectivity index (χ0) is 22.8. The third-order valence-electron chi connectivity index (χ3n) is 5.28. The molecule has 3 aromatic rings. The number of amides is 1. The average molecular weight is 437 g/mol. The standard InChI is InChI=1S/C25H28N2O3S/c1-16-6-11-22(12-7-16)27-31(29,30)24-15-21(10-9-18(24)3)25(28)26-20(5)23-13-8-17(2)14-19(23)4/h6-15,20,27H,1-5H3,(H,26,28)/t20-/m1/s1. The molecular formula is C25H28N2O3S. The Hall–Kier alpha value is -3.12. The molecule has 0 aliphatic heterocycles. The highest BCUT2D eigenvalue weighted by Gasteiger charge is 2.20. The molecule has 0 saturated heterocycles. The zero-order valence-corrected chi connectivity index (χ0v) is 19.3. The van der Waals surface area contributed by atoms with Gasteiger partial charge in [0, 0.05) is 11.3 Å². The van der Waals surface area contributed by atoms with Gasteiger partial charge in [-0.25, -0.2) is 8.42 Å². The molecule has 0 bridgehead atoms. The van der Waals surface area contributed by atoms with Gasteiger partial charge in [0.25, 0.3) is 15.9 Å². The van der Waals surface area contributed by atoms with Crippen molar-refractivity contribution in [1.29, 1.82) is 0 Å². The molecule has 162 valence electrons. The summed E-state index contributed by atoms with van der Waals surface area (Å²) in [6, 6.07) is 17.7. The van der Waals surface area contributed by atoms with E-state index in [9.17, 15) is 13.2 Å². The molecule has 0 aromatic heterocycles. The fourth-order valence-corrected chi connectivity index (χ4v) is 4.86. The van der Waals surface area contributed by atoms with E-state index < -0.39 is 10.0 Å². The van der Waals surface area contributed by atoms with E-state index in [4.69, 9.17) is 0 Å². The molecule has 31 heavy (non-hydrogen) atoms. The Morgan fingerprint density at radius 2 is 1.45 bits per heavy atom.